The minimum atomic E-state index is -0.509. The predicted molar refractivity (Wildman–Crippen MR) is 114 cm³/mol. The van der Waals surface area contributed by atoms with E-state index >= 15 is 0 Å². The molecular formula is C25H19NO4. The molecule has 5 nitrogen and oxygen atoms in total. The number of ether oxygens (including phenoxy) is 1. The Morgan fingerprint density at radius 2 is 1.47 bits per heavy atom. The normalized spacial score (nSPS) is 10.7. The molecule has 2 aromatic heterocycles. The second-order valence-electron chi connectivity index (χ2n) is 6.88. The van der Waals surface area contributed by atoms with Crippen LogP contribution in [0, 0.1) is 0 Å². The molecule has 0 bridgehead atoms. The molecule has 0 amide bonds. The molecule has 0 saturated carbocycles. The molecule has 30 heavy (non-hydrogen) atoms. The summed E-state index contributed by atoms with van der Waals surface area (Å²) in [6, 6.07) is 21.4. The third-order valence-electron chi connectivity index (χ3n) is 5.03. The first-order valence-corrected chi connectivity index (χ1v) is 9.45. The van der Waals surface area contributed by atoms with Gasteiger partial charge in [0.15, 0.2) is 5.78 Å². The van der Waals surface area contributed by atoms with E-state index in [0.717, 1.165) is 5.56 Å². The van der Waals surface area contributed by atoms with Crippen molar-refractivity contribution in [2.75, 3.05) is 7.11 Å². The summed E-state index contributed by atoms with van der Waals surface area (Å²) in [7, 11) is 1.30. The molecule has 0 saturated heterocycles. The highest BCUT2D eigenvalue weighted by Crippen LogP contribution is 2.35. The van der Waals surface area contributed by atoms with Gasteiger partial charge in [-0.2, -0.15) is 0 Å². The van der Waals surface area contributed by atoms with Gasteiger partial charge in [-0.15, -0.1) is 0 Å². The van der Waals surface area contributed by atoms with Crippen molar-refractivity contribution in [3.05, 3.63) is 101 Å². The Morgan fingerprint density at radius 1 is 0.833 bits per heavy atom. The number of Topliss-reactive ketones (excluding diaryl/α,β-unsaturated/α-hetero) is 1. The van der Waals surface area contributed by atoms with E-state index in [4.69, 9.17) is 4.74 Å². The van der Waals surface area contributed by atoms with Crippen molar-refractivity contribution in [1.82, 2.24) is 4.40 Å². The number of esters is 1. The van der Waals surface area contributed by atoms with Crippen LogP contribution in [0.5, 0.6) is 0 Å². The number of methoxy groups -OCH3 is 1. The van der Waals surface area contributed by atoms with E-state index in [1.807, 2.05) is 36.4 Å². The van der Waals surface area contributed by atoms with Crippen LogP contribution in [-0.2, 0) is 4.74 Å². The summed E-state index contributed by atoms with van der Waals surface area (Å²) in [6.45, 7) is 1.46. The number of carbonyl (C=O) groups excluding carboxylic acids is 3. The number of fused-ring (bicyclic) bond motifs is 1. The zero-order valence-electron chi connectivity index (χ0n) is 16.6. The van der Waals surface area contributed by atoms with Crippen molar-refractivity contribution in [3.8, 4) is 11.1 Å². The first kappa shape index (κ1) is 19.3. The van der Waals surface area contributed by atoms with Gasteiger partial charge in [-0.1, -0.05) is 60.7 Å². The van der Waals surface area contributed by atoms with Gasteiger partial charge in [0.25, 0.3) is 0 Å². The van der Waals surface area contributed by atoms with Crippen LogP contribution < -0.4 is 0 Å². The van der Waals surface area contributed by atoms with Crippen LogP contribution in [-0.4, -0.2) is 29.0 Å². The molecule has 0 aliphatic heterocycles. The van der Waals surface area contributed by atoms with Crippen LogP contribution in [0.15, 0.2) is 79.0 Å². The maximum absolute atomic E-state index is 13.5. The zero-order chi connectivity index (χ0) is 21.3. The fourth-order valence-corrected chi connectivity index (χ4v) is 3.69. The van der Waals surface area contributed by atoms with Gasteiger partial charge in [0.2, 0.25) is 5.78 Å². The van der Waals surface area contributed by atoms with Crippen LogP contribution in [0.1, 0.15) is 43.7 Å². The van der Waals surface area contributed by atoms with Crippen LogP contribution in [0.4, 0.5) is 0 Å². The average molecular weight is 397 g/mol. The summed E-state index contributed by atoms with van der Waals surface area (Å²) in [5.74, 6) is -0.909. The lowest BCUT2D eigenvalue weighted by molar-refractivity contribution is 0.0600. The fraction of sp³-hybridized carbons (Fsp3) is 0.0800. The zero-order valence-corrected chi connectivity index (χ0v) is 16.6. The van der Waals surface area contributed by atoms with Crippen LogP contribution in [0.25, 0.3) is 16.6 Å². The highest BCUT2D eigenvalue weighted by Gasteiger charge is 2.27. The Balaban J connectivity index is 2.11. The molecule has 2 aromatic carbocycles. The number of aromatic nitrogens is 1. The lowest BCUT2D eigenvalue weighted by Crippen LogP contribution is -2.08. The van der Waals surface area contributed by atoms with Crippen molar-refractivity contribution in [2.45, 2.75) is 6.92 Å². The molecule has 0 unspecified atom stereocenters. The number of pyridine rings is 1. The highest BCUT2D eigenvalue weighted by atomic mass is 16.5. The summed E-state index contributed by atoms with van der Waals surface area (Å²) in [4.78, 5) is 38.3. The summed E-state index contributed by atoms with van der Waals surface area (Å²) >= 11 is 0. The number of ketones is 2. The van der Waals surface area contributed by atoms with E-state index in [1.54, 1.807) is 47.0 Å². The fourth-order valence-electron chi connectivity index (χ4n) is 3.69. The number of nitrogens with zero attached hydrogens (tertiary/aromatic N) is 1. The van der Waals surface area contributed by atoms with Crippen LogP contribution in [0.2, 0.25) is 0 Å². The van der Waals surface area contributed by atoms with Gasteiger partial charge >= 0.3 is 5.97 Å². The molecule has 0 N–H and O–H groups in total. The molecule has 0 spiro atoms. The molecular weight excluding hydrogens is 378 g/mol. The Labute approximate surface area is 173 Å². The van der Waals surface area contributed by atoms with E-state index < -0.39 is 5.97 Å². The van der Waals surface area contributed by atoms with Gasteiger partial charge in [-0.05, 0) is 24.6 Å². The monoisotopic (exact) mass is 397 g/mol. The molecule has 0 aliphatic carbocycles. The lowest BCUT2D eigenvalue weighted by atomic mass is 9.95. The second-order valence-corrected chi connectivity index (χ2v) is 6.88. The molecule has 0 radical (unpaired) electrons. The van der Waals surface area contributed by atoms with Gasteiger partial charge in [-0.3, -0.25) is 9.59 Å². The van der Waals surface area contributed by atoms with Crippen molar-refractivity contribution < 1.29 is 19.1 Å². The minimum Gasteiger partial charge on any atom is -0.465 e. The van der Waals surface area contributed by atoms with Crippen molar-refractivity contribution in [3.63, 3.8) is 0 Å². The number of rotatable bonds is 5. The Hall–Kier alpha value is -3.99. The quantitative estimate of drug-likeness (QED) is 0.358. The second kappa shape index (κ2) is 7.79. The standard InChI is InChI=1S/C25H19NO4/c1-16(27)21-20-15-19(25(29)30-2)13-14-26(20)23(22(21)17-9-5-3-6-10-17)24(28)18-11-7-4-8-12-18/h3-15H,1-2H3. The lowest BCUT2D eigenvalue weighted by Gasteiger charge is -2.08. The smallest absolute Gasteiger partial charge is 0.337 e. The van der Waals surface area contributed by atoms with Gasteiger partial charge in [0.1, 0.15) is 5.69 Å². The van der Waals surface area contributed by atoms with E-state index in [1.165, 1.54) is 14.0 Å². The summed E-state index contributed by atoms with van der Waals surface area (Å²) in [5.41, 5.74) is 3.40. The Kier molecular flexibility index (Phi) is 5.02. The molecule has 0 aliphatic rings. The molecule has 2 heterocycles. The predicted octanol–water partition coefficient (Wildman–Crippen LogP) is 4.83. The van der Waals surface area contributed by atoms with E-state index in [2.05, 4.69) is 0 Å². The van der Waals surface area contributed by atoms with Gasteiger partial charge in [-0.25, -0.2) is 4.79 Å². The van der Waals surface area contributed by atoms with E-state index in [9.17, 15) is 14.4 Å². The van der Waals surface area contributed by atoms with Crippen LogP contribution in [0.3, 0.4) is 0 Å². The maximum atomic E-state index is 13.5. The van der Waals surface area contributed by atoms with Gasteiger partial charge in [0.05, 0.1) is 23.8 Å². The SMILES string of the molecule is COC(=O)c1ccn2c(C(=O)c3ccccc3)c(-c3ccccc3)c(C(C)=O)c2c1. The van der Waals surface area contributed by atoms with Crippen molar-refractivity contribution in [1.29, 1.82) is 0 Å². The number of hydrogen-bond donors (Lipinski definition) is 0. The third kappa shape index (κ3) is 3.20. The van der Waals surface area contributed by atoms with Crippen molar-refractivity contribution >= 4 is 23.1 Å². The maximum Gasteiger partial charge on any atom is 0.337 e. The number of carbonyl (C=O) groups is 3. The highest BCUT2D eigenvalue weighted by molar-refractivity contribution is 6.19. The van der Waals surface area contributed by atoms with Gasteiger partial charge in [0, 0.05) is 17.3 Å². The number of hydrogen-bond acceptors (Lipinski definition) is 4. The largest absolute Gasteiger partial charge is 0.465 e. The molecule has 4 rings (SSSR count). The molecule has 5 heteroatoms. The Bertz CT molecular complexity index is 1270. The molecule has 4 aromatic rings. The van der Waals surface area contributed by atoms with E-state index in [0.29, 0.717) is 33.5 Å². The molecule has 0 atom stereocenters. The first-order chi connectivity index (χ1) is 14.5. The van der Waals surface area contributed by atoms with E-state index in [-0.39, 0.29) is 11.6 Å². The minimum absolute atomic E-state index is 0.194. The summed E-state index contributed by atoms with van der Waals surface area (Å²) in [6.07, 6.45) is 1.64. The Morgan fingerprint density at radius 3 is 2.07 bits per heavy atom. The molecule has 0 fully saturated rings. The van der Waals surface area contributed by atoms with Crippen LogP contribution >= 0.6 is 0 Å². The average Bonchev–Trinajstić information content (AvgIpc) is 3.13. The van der Waals surface area contributed by atoms with Crippen molar-refractivity contribution in [2.24, 2.45) is 0 Å². The third-order valence-corrected chi connectivity index (χ3v) is 5.03. The summed E-state index contributed by atoms with van der Waals surface area (Å²) in [5, 5.41) is 0. The first-order valence-electron chi connectivity index (χ1n) is 9.45. The summed E-state index contributed by atoms with van der Waals surface area (Å²) < 4.78 is 6.51. The molecule has 148 valence electrons. The topological polar surface area (TPSA) is 64.8 Å². The van der Waals surface area contributed by atoms with Gasteiger partial charge < -0.3 is 9.14 Å². The number of benzene rings is 2.